The van der Waals surface area contributed by atoms with E-state index in [2.05, 4.69) is 15.6 Å². The predicted octanol–water partition coefficient (Wildman–Crippen LogP) is 3.00. The first-order chi connectivity index (χ1) is 12.7. The van der Waals surface area contributed by atoms with Gasteiger partial charge in [0.2, 0.25) is 6.79 Å². The zero-order valence-electron chi connectivity index (χ0n) is 15.3. The SMILES string of the molecule is CCNC(=NCc1ccc2c(c1)OCO2)NCc1cc(OC)ccc1O.I. The Morgan fingerprint density at radius 3 is 2.74 bits per heavy atom. The van der Waals surface area contributed by atoms with Crippen molar-refractivity contribution in [3.05, 3.63) is 47.5 Å². The van der Waals surface area contributed by atoms with Crippen molar-refractivity contribution in [2.75, 3.05) is 20.4 Å². The van der Waals surface area contributed by atoms with E-state index in [-0.39, 0.29) is 36.5 Å². The van der Waals surface area contributed by atoms with Gasteiger partial charge < -0.3 is 30.0 Å². The lowest BCUT2D eigenvalue weighted by atomic mass is 10.2. The van der Waals surface area contributed by atoms with E-state index in [0.29, 0.717) is 24.8 Å². The van der Waals surface area contributed by atoms with Gasteiger partial charge in [-0.1, -0.05) is 6.07 Å². The Bertz CT molecular complexity index is 799. The Hall–Kier alpha value is -2.36. The van der Waals surface area contributed by atoms with Crippen molar-refractivity contribution in [1.82, 2.24) is 10.6 Å². The largest absolute Gasteiger partial charge is 0.508 e. The topological polar surface area (TPSA) is 84.3 Å². The minimum Gasteiger partial charge on any atom is -0.508 e. The summed E-state index contributed by atoms with van der Waals surface area (Å²) in [5, 5.41) is 16.4. The van der Waals surface area contributed by atoms with Crippen LogP contribution in [0.25, 0.3) is 0 Å². The minimum absolute atomic E-state index is 0. The average Bonchev–Trinajstić information content (AvgIpc) is 3.13. The molecule has 2 aromatic carbocycles. The standard InChI is InChI=1S/C19H23N3O4.HI/c1-3-20-19(22-11-14-9-15(24-2)5-6-16(14)23)21-10-13-4-7-17-18(8-13)26-12-25-17;/h4-9,23H,3,10-12H2,1-2H3,(H2,20,21,22);1H. The molecule has 3 rings (SSSR count). The van der Waals surface area contributed by atoms with Gasteiger partial charge in [0, 0.05) is 18.7 Å². The van der Waals surface area contributed by atoms with E-state index in [1.54, 1.807) is 25.3 Å². The molecule has 0 fully saturated rings. The quantitative estimate of drug-likeness (QED) is 0.332. The van der Waals surface area contributed by atoms with E-state index in [1.165, 1.54) is 0 Å². The number of fused-ring (bicyclic) bond motifs is 1. The number of methoxy groups -OCH3 is 1. The normalized spacial score (nSPS) is 12.3. The van der Waals surface area contributed by atoms with Crippen LogP contribution in [0.5, 0.6) is 23.0 Å². The predicted molar refractivity (Wildman–Crippen MR) is 114 cm³/mol. The first-order valence-electron chi connectivity index (χ1n) is 8.46. The fourth-order valence-electron chi connectivity index (χ4n) is 2.56. The van der Waals surface area contributed by atoms with Crippen molar-refractivity contribution in [3.8, 4) is 23.0 Å². The van der Waals surface area contributed by atoms with E-state index in [0.717, 1.165) is 29.2 Å². The van der Waals surface area contributed by atoms with Crippen molar-refractivity contribution in [1.29, 1.82) is 0 Å². The first kappa shape index (κ1) is 20.9. The summed E-state index contributed by atoms with van der Waals surface area (Å²) in [6.07, 6.45) is 0. The number of halogens is 1. The fraction of sp³-hybridized carbons (Fsp3) is 0.316. The van der Waals surface area contributed by atoms with Crippen LogP contribution in [0.4, 0.5) is 0 Å². The number of benzene rings is 2. The molecule has 7 nitrogen and oxygen atoms in total. The maximum atomic E-state index is 9.99. The zero-order valence-corrected chi connectivity index (χ0v) is 17.7. The molecule has 8 heteroatoms. The molecule has 0 aliphatic carbocycles. The summed E-state index contributed by atoms with van der Waals surface area (Å²) in [7, 11) is 1.60. The molecule has 0 unspecified atom stereocenters. The average molecular weight is 485 g/mol. The molecule has 0 spiro atoms. The number of nitrogens with one attached hydrogen (secondary N) is 2. The molecule has 1 heterocycles. The molecule has 0 saturated carbocycles. The number of nitrogens with zero attached hydrogens (tertiary/aromatic N) is 1. The maximum absolute atomic E-state index is 9.99. The minimum atomic E-state index is 0. The highest BCUT2D eigenvalue weighted by Gasteiger charge is 2.13. The number of guanidine groups is 1. The fourth-order valence-corrected chi connectivity index (χ4v) is 2.56. The van der Waals surface area contributed by atoms with Crippen molar-refractivity contribution in [3.63, 3.8) is 0 Å². The van der Waals surface area contributed by atoms with Crippen molar-refractivity contribution in [2.45, 2.75) is 20.0 Å². The van der Waals surface area contributed by atoms with Crippen molar-refractivity contribution in [2.24, 2.45) is 4.99 Å². The van der Waals surface area contributed by atoms with Gasteiger partial charge in [-0.05, 0) is 42.8 Å². The Kier molecular flexibility index (Phi) is 7.83. The molecular formula is C19H24IN3O4. The molecule has 0 atom stereocenters. The van der Waals surface area contributed by atoms with Crippen LogP contribution in [0.15, 0.2) is 41.4 Å². The van der Waals surface area contributed by atoms with E-state index < -0.39 is 0 Å². The zero-order chi connectivity index (χ0) is 18.4. The molecule has 1 aliphatic heterocycles. The van der Waals surface area contributed by atoms with Gasteiger partial charge in [-0.2, -0.15) is 0 Å². The Balaban J connectivity index is 0.00000261. The summed E-state index contributed by atoms with van der Waals surface area (Å²) < 4.78 is 15.9. The second-order valence-electron chi connectivity index (χ2n) is 5.73. The Morgan fingerprint density at radius 2 is 1.96 bits per heavy atom. The van der Waals surface area contributed by atoms with Crippen LogP contribution >= 0.6 is 24.0 Å². The summed E-state index contributed by atoms with van der Waals surface area (Å²) in [5.41, 5.74) is 1.76. The van der Waals surface area contributed by atoms with Crippen LogP contribution < -0.4 is 24.8 Å². The Labute approximate surface area is 175 Å². The maximum Gasteiger partial charge on any atom is 0.231 e. The lowest BCUT2D eigenvalue weighted by molar-refractivity contribution is 0.174. The second-order valence-corrected chi connectivity index (χ2v) is 5.73. The third kappa shape index (κ3) is 5.56. The number of aliphatic imine (C=N–C) groups is 1. The van der Waals surface area contributed by atoms with E-state index >= 15 is 0 Å². The van der Waals surface area contributed by atoms with Gasteiger partial charge in [-0.25, -0.2) is 4.99 Å². The number of hydrogen-bond donors (Lipinski definition) is 3. The summed E-state index contributed by atoms with van der Waals surface area (Å²) in [6.45, 7) is 3.92. The molecule has 3 N–H and O–H groups in total. The monoisotopic (exact) mass is 485 g/mol. The third-order valence-electron chi connectivity index (χ3n) is 3.93. The Morgan fingerprint density at radius 1 is 1.15 bits per heavy atom. The highest BCUT2D eigenvalue weighted by molar-refractivity contribution is 14.0. The molecule has 0 radical (unpaired) electrons. The molecule has 1 aliphatic rings. The van der Waals surface area contributed by atoms with Crippen molar-refractivity contribution < 1.29 is 19.3 Å². The number of hydrogen-bond acceptors (Lipinski definition) is 5. The molecular weight excluding hydrogens is 461 g/mol. The lowest BCUT2D eigenvalue weighted by Crippen LogP contribution is -2.36. The highest BCUT2D eigenvalue weighted by Crippen LogP contribution is 2.32. The van der Waals surface area contributed by atoms with Crippen LogP contribution in [0, 0.1) is 0 Å². The summed E-state index contributed by atoms with van der Waals surface area (Å²) in [5.74, 6) is 3.08. The van der Waals surface area contributed by atoms with E-state index in [9.17, 15) is 5.11 Å². The molecule has 0 saturated heterocycles. The van der Waals surface area contributed by atoms with Crippen LogP contribution in [-0.4, -0.2) is 31.5 Å². The van der Waals surface area contributed by atoms with Gasteiger partial charge in [0.1, 0.15) is 11.5 Å². The number of aromatic hydroxyl groups is 1. The van der Waals surface area contributed by atoms with Crippen LogP contribution in [0.1, 0.15) is 18.1 Å². The summed E-state index contributed by atoms with van der Waals surface area (Å²) in [6, 6.07) is 10.9. The van der Waals surface area contributed by atoms with E-state index in [1.807, 2.05) is 25.1 Å². The number of phenols is 1. The molecule has 0 aromatic heterocycles. The molecule has 0 bridgehead atoms. The highest BCUT2D eigenvalue weighted by atomic mass is 127. The molecule has 0 amide bonds. The van der Waals surface area contributed by atoms with Gasteiger partial charge in [0.15, 0.2) is 17.5 Å². The van der Waals surface area contributed by atoms with Gasteiger partial charge in [-0.3, -0.25) is 0 Å². The first-order valence-corrected chi connectivity index (χ1v) is 8.46. The van der Waals surface area contributed by atoms with Crippen molar-refractivity contribution >= 4 is 29.9 Å². The smallest absolute Gasteiger partial charge is 0.231 e. The molecule has 27 heavy (non-hydrogen) atoms. The summed E-state index contributed by atoms with van der Waals surface area (Å²) >= 11 is 0. The lowest BCUT2D eigenvalue weighted by Gasteiger charge is -2.13. The van der Waals surface area contributed by atoms with Gasteiger partial charge >= 0.3 is 0 Å². The van der Waals surface area contributed by atoms with Crippen LogP contribution in [0.2, 0.25) is 0 Å². The van der Waals surface area contributed by atoms with Crippen LogP contribution in [0.3, 0.4) is 0 Å². The summed E-state index contributed by atoms with van der Waals surface area (Å²) in [4.78, 5) is 4.58. The van der Waals surface area contributed by atoms with Gasteiger partial charge in [-0.15, -0.1) is 24.0 Å². The van der Waals surface area contributed by atoms with Gasteiger partial charge in [0.05, 0.1) is 13.7 Å². The van der Waals surface area contributed by atoms with Crippen LogP contribution in [-0.2, 0) is 13.1 Å². The molecule has 146 valence electrons. The number of ether oxygens (including phenoxy) is 3. The number of phenolic OH excluding ortho intramolecular Hbond substituents is 1. The third-order valence-corrected chi connectivity index (χ3v) is 3.93. The number of rotatable bonds is 6. The molecule has 2 aromatic rings. The second kappa shape index (κ2) is 10.1. The van der Waals surface area contributed by atoms with E-state index in [4.69, 9.17) is 14.2 Å². The van der Waals surface area contributed by atoms with Gasteiger partial charge in [0.25, 0.3) is 0 Å².